The molecule has 0 saturated heterocycles. The SMILES string of the molecule is COC(=O)c1c(C)[nH]c(C(=O)COC(=O)c2cc(-c3ccccc3)nc3c2cnn3C(C)C)c1C. The average molecular weight is 475 g/mol. The van der Waals surface area contributed by atoms with Gasteiger partial charge in [-0.15, -0.1) is 0 Å². The number of benzene rings is 1. The summed E-state index contributed by atoms with van der Waals surface area (Å²) in [5.41, 5.74) is 3.71. The molecule has 0 fully saturated rings. The van der Waals surface area contributed by atoms with Gasteiger partial charge in [-0.1, -0.05) is 30.3 Å². The first-order valence-corrected chi connectivity index (χ1v) is 11.1. The fourth-order valence-electron chi connectivity index (χ4n) is 4.04. The van der Waals surface area contributed by atoms with E-state index in [4.69, 9.17) is 14.5 Å². The van der Waals surface area contributed by atoms with Crippen molar-refractivity contribution in [2.45, 2.75) is 33.7 Å². The Labute approximate surface area is 202 Å². The largest absolute Gasteiger partial charge is 0.465 e. The fourth-order valence-corrected chi connectivity index (χ4v) is 4.04. The van der Waals surface area contributed by atoms with Crippen molar-refractivity contribution >= 4 is 28.8 Å². The molecule has 0 atom stereocenters. The molecule has 0 aliphatic carbocycles. The molecule has 0 aliphatic rings. The third-order valence-corrected chi connectivity index (χ3v) is 5.79. The molecule has 0 spiro atoms. The van der Waals surface area contributed by atoms with Gasteiger partial charge in [0.15, 0.2) is 12.3 Å². The number of methoxy groups -OCH3 is 1. The predicted molar refractivity (Wildman–Crippen MR) is 130 cm³/mol. The van der Waals surface area contributed by atoms with E-state index < -0.39 is 24.3 Å². The Morgan fingerprint density at radius 2 is 1.80 bits per heavy atom. The van der Waals surface area contributed by atoms with Crippen molar-refractivity contribution < 1.29 is 23.9 Å². The van der Waals surface area contributed by atoms with Crippen LogP contribution in [0.25, 0.3) is 22.3 Å². The number of aromatic amines is 1. The van der Waals surface area contributed by atoms with E-state index in [9.17, 15) is 14.4 Å². The molecule has 4 aromatic rings. The van der Waals surface area contributed by atoms with E-state index in [-0.39, 0.29) is 17.3 Å². The van der Waals surface area contributed by atoms with Crippen LogP contribution in [0.3, 0.4) is 0 Å². The van der Waals surface area contributed by atoms with Crippen molar-refractivity contribution in [3.63, 3.8) is 0 Å². The van der Waals surface area contributed by atoms with E-state index in [0.717, 1.165) is 5.56 Å². The van der Waals surface area contributed by atoms with E-state index in [0.29, 0.717) is 33.5 Å². The lowest BCUT2D eigenvalue weighted by Gasteiger charge is -2.11. The summed E-state index contributed by atoms with van der Waals surface area (Å²) in [4.78, 5) is 45.6. The predicted octanol–water partition coefficient (Wildman–Crippen LogP) is 4.45. The summed E-state index contributed by atoms with van der Waals surface area (Å²) in [6.45, 7) is 6.77. The Kier molecular flexibility index (Phi) is 6.50. The normalized spacial score (nSPS) is 11.1. The first-order chi connectivity index (χ1) is 16.7. The third-order valence-electron chi connectivity index (χ3n) is 5.79. The quantitative estimate of drug-likeness (QED) is 0.311. The number of hydrogen-bond acceptors (Lipinski definition) is 7. The molecule has 4 rings (SSSR count). The summed E-state index contributed by atoms with van der Waals surface area (Å²) in [5.74, 6) is -1.66. The van der Waals surface area contributed by atoms with Gasteiger partial charge in [0, 0.05) is 17.3 Å². The van der Waals surface area contributed by atoms with Gasteiger partial charge in [-0.05, 0) is 39.3 Å². The molecule has 0 saturated carbocycles. The maximum atomic E-state index is 13.1. The van der Waals surface area contributed by atoms with Gasteiger partial charge in [0.05, 0.1) is 41.2 Å². The third kappa shape index (κ3) is 4.44. The maximum Gasteiger partial charge on any atom is 0.339 e. The van der Waals surface area contributed by atoms with Gasteiger partial charge < -0.3 is 14.5 Å². The minimum Gasteiger partial charge on any atom is -0.465 e. The highest BCUT2D eigenvalue weighted by Crippen LogP contribution is 2.27. The number of pyridine rings is 1. The average Bonchev–Trinajstić information content (AvgIpc) is 3.42. The molecule has 0 unspecified atom stereocenters. The number of carbonyl (C=O) groups is 3. The van der Waals surface area contributed by atoms with Gasteiger partial charge in [-0.3, -0.25) is 4.79 Å². The molecule has 0 amide bonds. The highest BCUT2D eigenvalue weighted by molar-refractivity contribution is 6.06. The first-order valence-electron chi connectivity index (χ1n) is 11.1. The number of ketones is 1. The standard InChI is InChI=1S/C26H26N4O5/c1-14(2)30-24-19(12-27-30)18(11-20(29-24)17-9-7-6-8-10-17)25(32)35-13-21(31)23-15(3)22(16(4)28-23)26(33)34-5/h6-12,14,28H,13H2,1-5H3. The number of nitrogens with one attached hydrogen (secondary N) is 1. The van der Waals surface area contributed by atoms with E-state index in [1.54, 1.807) is 30.8 Å². The molecule has 9 nitrogen and oxygen atoms in total. The highest BCUT2D eigenvalue weighted by atomic mass is 16.5. The molecule has 180 valence electrons. The van der Waals surface area contributed by atoms with Gasteiger partial charge >= 0.3 is 11.9 Å². The Bertz CT molecular complexity index is 1430. The number of carbonyl (C=O) groups excluding carboxylic acids is 3. The van der Waals surface area contributed by atoms with Crippen molar-refractivity contribution in [1.29, 1.82) is 0 Å². The fraction of sp³-hybridized carbons (Fsp3) is 0.269. The summed E-state index contributed by atoms with van der Waals surface area (Å²) >= 11 is 0. The van der Waals surface area contributed by atoms with Gasteiger partial charge in [0.25, 0.3) is 0 Å². The van der Waals surface area contributed by atoms with Gasteiger partial charge in [-0.25, -0.2) is 19.3 Å². The Hall–Kier alpha value is -4.27. The second kappa shape index (κ2) is 9.54. The second-order valence-corrected chi connectivity index (χ2v) is 8.46. The molecule has 9 heteroatoms. The van der Waals surface area contributed by atoms with Crippen LogP contribution in [0.4, 0.5) is 0 Å². The molecule has 0 aliphatic heterocycles. The Morgan fingerprint density at radius 1 is 1.09 bits per heavy atom. The van der Waals surface area contributed by atoms with Crippen molar-refractivity contribution in [2.75, 3.05) is 13.7 Å². The number of fused-ring (bicyclic) bond motifs is 1. The van der Waals surface area contributed by atoms with Gasteiger partial charge in [0.1, 0.15) is 0 Å². The van der Waals surface area contributed by atoms with E-state index in [1.165, 1.54) is 7.11 Å². The molecule has 0 radical (unpaired) electrons. The Morgan fingerprint density at radius 3 is 2.46 bits per heavy atom. The number of hydrogen-bond donors (Lipinski definition) is 1. The molecule has 35 heavy (non-hydrogen) atoms. The number of H-pyrrole nitrogens is 1. The smallest absolute Gasteiger partial charge is 0.339 e. The summed E-state index contributed by atoms with van der Waals surface area (Å²) < 4.78 is 11.9. The zero-order valence-electron chi connectivity index (χ0n) is 20.2. The van der Waals surface area contributed by atoms with Crippen LogP contribution in [0, 0.1) is 13.8 Å². The van der Waals surface area contributed by atoms with Crippen LogP contribution in [0.5, 0.6) is 0 Å². The summed E-state index contributed by atoms with van der Waals surface area (Å²) in [6.07, 6.45) is 1.58. The molecular formula is C26H26N4O5. The maximum absolute atomic E-state index is 13.1. The van der Waals surface area contributed by atoms with E-state index in [1.807, 2.05) is 44.2 Å². The van der Waals surface area contributed by atoms with Crippen LogP contribution in [-0.2, 0) is 9.47 Å². The van der Waals surface area contributed by atoms with Crippen molar-refractivity contribution in [2.24, 2.45) is 0 Å². The van der Waals surface area contributed by atoms with Gasteiger partial charge in [-0.2, -0.15) is 5.10 Å². The van der Waals surface area contributed by atoms with Crippen LogP contribution in [0.15, 0.2) is 42.6 Å². The van der Waals surface area contributed by atoms with Crippen molar-refractivity contribution in [3.05, 3.63) is 70.7 Å². The van der Waals surface area contributed by atoms with Crippen molar-refractivity contribution in [3.8, 4) is 11.3 Å². The minimum atomic E-state index is -0.666. The van der Waals surface area contributed by atoms with Crippen LogP contribution < -0.4 is 0 Å². The molecule has 3 heterocycles. The lowest BCUT2D eigenvalue weighted by Crippen LogP contribution is -2.16. The van der Waals surface area contributed by atoms with Crippen LogP contribution >= 0.6 is 0 Å². The second-order valence-electron chi connectivity index (χ2n) is 8.46. The molecule has 3 aromatic heterocycles. The van der Waals surface area contributed by atoms with Crippen LogP contribution in [-0.4, -0.2) is 51.2 Å². The Balaban J connectivity index is 1.65. The molecule has 0 bridgehead atoms. The molecular weight excluding hydrogens is 448 g/mol. The van der Waals surface area contributed by atoms with Crippen LogP contribution in [0.1, 0.15) is 62.4 Å². The number of aryl methyl sites for hydroxylation is 1. The number of Topliss-reactive ketones (excluding diaryl/α,β-unsaturated/α-hetero) is 1. The first kappa shape index (κ1) is 23.9. The van der Waals surface area contributed by atoms with Crippen LogP contribution in [0.2, 0.25) is 0 Å². The van der Waals surface area contributed by atoms with Crippen molar-refractivity contribution in [1.82, 2.24) is 19.7 Å². The lowest BCUT2D eigenvalue weighted by atomic mass is 10.1. The number of ether oxygens (including phenoxy) is 2. The molecule has 1 aromatic carbocycles. The number of nitrogens with zero attached hydrogens (tertiary/aromatic N) is 3. The number of rotatable bonds is 7. The topological polar surface area (TPSA) is 116 Å². The molecule has 1 N–H and O–H groups in total. The highest BCUT2D eigenvalue weighted by Gasteiger charge is 2.24. The number of esters is 2. The van der Waals surface area contributed by atoms with E-state index >= 15 is 0 Å². The van der Waals surface area contributed by atoms with E-state index in [2.05, 4.69) is 10.1 Å². The zero-order valence-corrected chi connectivity index (χ0v) is 20.2. The monoisotopic (exact) mass is 474 g/mol. The van der Waals surface area contributed by atoms with Gasteiger partial charge in [0.2, 0.25) is 5.78 Å². The minimum absolute atomic E-state index is 0.0274. The lowest BCUT2D eigenvalue weighted by molar-refractivity contribution is 0.0475. The summed E-state index contributed by atoms with van der Waals surface area (Å²) in [5, 5.41) is 4.93. The number of aromatic nitrogens is 4. The zero-order chi connectivity index (χ0) is 25.3. The summed E-state index contributed by atoms with van der Waals surface area (Å²) in [6, 6.07) is 11.2. The summed E-state index contributed by atoms with van der Waals surface area (Å²) in [7, 11) is 1.28.